The predicted octanol–water partition coefficient (Wildman–Crippen LogP) is 6.40. The van der Waals surface area contributed by atoms with Crippen LogP contribution >= 0.6 is 0 Å². The minimum absolute atomic E-state index is 0.181. The number of unbranched alkanes of at least 4 members (excludes halogenated alkanes) is 7. The Balaban J connectivity index is 2.45. The zero-order valence-corrected chi connectivity index (χ0v) is 17.4. The van der Waals surface area contributed by atoms with Gasteiger partial charge in [-0.25, -0.2) is 0 Å². The first-order valence-corrected chi connectivity index (χ1v) is 11.8. The van der Waals surface area contributed by atoms with Crippen LogP contribution in [0.3, 0.4) is 0 Å². The maximum atomic E-state index is 2.43. The summed E-state index contributed by atoms with van der Waals surface area (Å²) in [5.74, 6) is 0. The molecule has 1 aromatic carbocycles. The molecule has 0 aliphatic rings. The summed E-state index contributed by atoms with van der Waals surface area (Å²) in [6, 6.07) is 11.1. The van der Waals surface area contributed by atoms with Crippen molar-refractivity contribution in [3.05, 3.63) is 52.2 Å². The maximum absolute atomic E-state index is 2.43. The summed E-state index contributed by atoms with van der Waals surface area (Å²) in [5.41, 5.74) is 0. The second-order valence-corrected chi connectivity index (χ2v) is 9.56. The first kappa shape index (κ1) is 20.5. The van der Waals surface area contributed by atoms with Gasteiger partial charge in [0.1, 0.15) is 0 Å². The molecule has 1 rings (SSSR count). The van der Waals surface area contributed by atoms with Crippen LogP contribution in [0, 0.1) is 0 Å². The van der Waals surface area contributed by atoms with E-state index in [0.717, 1.165) is 0 Å². The molecule has 0 radical (unpaired) electrons. The van der Waals surface area contributed by atoms with Gasteiger partial charge in [-0.15, -0.1) is 0 Å². The summed E-state index contributed by atoms with van der Waals surface area (Å²) < 4.78 is 3.28. The molecule has 0 unspecified atom stereocenters. The Morgan fingerprint density at radius 1 is 0.870 bits per heavy atom. The molecule has 0 amide bonds. The van der Waals surface area contributed by atoms with Crippen LogP contribution in [-0.2, 0) is 0 Å². The van der Waals surface area contributed by atoms with Crippen molar-refractivity contribution < 1.29 is 0 Å². The standard InChI is InChI=1S/C22H34Te/c1-3-5-7-9-10-11-14-18-21(17-13-8-6-4-2)23-22-19-15-12-16-20-22/h11-12,14-16,18-20H,3-10,13,17H2,1-2H3/b14-11+,21-18+. The normalized spacial score (nSPS) is 12.2. The third-order valence-corrected chi connectivity index (χ3v) is 7.08. The molecule has 0 N–H and O–H groups in total. The van der Waals surface area contributed by atoms with E-state index in [1.807, 2.05) is 0 Å². The minimum atomic E-state index is -0.181. The van der Waals surface area contributed by atoms with Gasteiger partial charge in [0.05, 0.1) is 0 Å². The fraction of sp³-hybridized carbons (Fsp3) is 0.545. The molecule has 1 aromatic rings. The average molecular weight is 426 g/mol. The summed E-state index contributed by atoms with van der Waals surface area (Å²) >= 11 is -0.181. The zero-order chi connectivity index (χ0) is 16.6. The summed E-state index contributed by atoms with van der Waals surface area (Å²) in [5, 5.41) is 0. The number of hydrogen-bond donors (Lipinski definition) is 0. The molecule has 0 aliphatic carbocycles. The van der Waals surface area contributed by atoms with Crippen LogP contribution in [-0.4, -0.2) is 20.9 Å². The Bertz CT molecular complexity index is 431. The summed E-state index contributed by atoms with van der Waals surface area (Å²) in [6.07, 6.45) is 20.6. The number of hydrogen-bond acceptors (Lipinski definition) is 0. The van der Waals surface area contributed by atoms with Crippen LogP contribution < -0.4 is 3.61 Å². The Morgan fingerprint density at radius 3 is 2.26 bits per heavy atom. The molecule has 128 valence electrons. The summed E-state index contributed by atoms with van der Waals surface area (Å²) in [7, 11) is 0. The van der Waals surface area contributed by atoms with Crippen molar-refractivity contribution >= 4 is 24.5 Å². The van der Waals surface area contributed by atoms with Crippen LogP contribution in [0.1, 0.15) is 78.1 Å². The molecule has 0 heterocycles. The van der Waals surface area contributed by atoms with E-state index in [2.05, 4.69) is 62.4 Å². The van der Waals surface area contributed by atoms with E-state index in [-0.39, 0.29) is 20.9 Å². The van der Waals surface area contributed by atoms with E-state index >= 15 is 0 Å². The van der Waals surface area contributed by atoms with Crippen LogP contribution in [0.4, 0.5) is 0 Å². The number of rotatable bonds is 13. The van der Waals surface area contributed by atoms with E-state index in [4.69, 9.17) is 0 Å². The van der Waals surface area contributed by atoms with Crippen molar-refractivity contribution in [3.8, 4) is 0 Å². The predicted molar refractivity (Wildman–Crippen MR) is 107 cm³/mol. The Labute approximate surface area is 154 Å². The van der Waals surface area contributed by atoms with Crippen molar-refractivity contribution in [3.63, 3.8) is 0 Å². The van der Waals surface area contributed by atoms with Crippen LogP contribution in [0.25, 0.3) is 0 Å². The Hall–Kier alpha value is -0.510. The average Bonchev–Trinajstić information content (AvgIpc) is 2.58. The SMILES string of the molecule is CCCCCC/C=C/C=C(\CCCCCC)[Te]c1ccccc1. The molecule has 1 heteroatoms. The molecular weight excluding hydrogens is 392 g/mol. The molecular formula is C22H34Te. The van der Waals surface area contributed by atoms with Gasteiger partial charge in [-0.1, -0.05) is 0 Å². The second kappa shape index (κ2) is 15.0. The first-order chi connectivity index (χ1) is 11.4. The second-order valence-electron chi connectivity index (χ2n) is 6.14. The Morgan fingerprint density at radius 2 is 1.57 bits per heavy atom. The third-order valence-electron chi connectivity index (χ3n) is 3.91. The molecule has 0 aliphatic heterocycles. The monoisotopic (exact) mass is 428 g/mol. The zero-order valence-electron chi connectivity index (χ0n) is 15.1. The van der Waals surface area contributed by atoms with Gasteiger partial charge < -0.3 is 0 Å². The fourth-order valence-corrected chi connectivity index (χ4v) is 5.32. The molecule has 0 bridgehead atoms. The summed E-state index contributed by atoms with van der Waals surface area (Å²) in [6.45, 7) is 4.56. The molecule has 0 atom stereocenters. The van der Waals surface area contributed by atoms with Crippen molar-refractivity contribution in [2.24, 2.45) is 0 Å². The summed E-state index contributed by atoms with van der Waals surface area (Å²) in [4.78, 5) is 0. The van der Waals surface area contributed by atoms with E-state index in [0.29, 0.717) is 0 Å². The number of benzene rings is 1. The van der Waals surface area contributed by atoms with Gasteiger partial charge in [0.15, 0.2) is 0 Å². The molecule has 0 saturated carbocycles. The van der Waals surface area contributed by atoms with Crippen molar-refractivity contribution in [2.45, 2.75) is 78.1 Å². The van der Waals surface area contributed by atoms with Gasteiger partial charge in [0.25, 0.3) is 0 Å². The van der Waals surface area contributed by atoms with E-state index in [1.165, 1.54) is 64.2 Å². The topological polar surface area (TPSA) is 0 Å². The first-order valence-electron chi connectivity index (χ1n) is 9.45. The van der Waals surface area contributed by atoms with Crippen molar-refractivity contribution in [2.75, 3.05) is 0 Å². The molecule has 23 heavy (non-hydrogen) atoms. The number of allylic oxidation sites excluding steroid dienone is 4. The molecule has 0 spiro atoms. The molecule has 0 saturated heterocycles. The Kier molecular flexibility index (Phi) is 13.4. The van der Waals surface area contributed by atoms with Crippen molar-refractivity contribution in [1.29, 1.82) is 0 Å². The van der Waals surface area contributed by atoms with Crippen molar-refractivity contribution in [1.82, 2.24) is 0 Å². The molecule has 0 aromatic heterocycles. The fourth-order valence-electron chi connectivity index (χ4n) is 2.49. The quantitative estimate of drug-likeness (QED) is 0.195. The van der Waals surface area contributed by atoms with Gasteiger partial charge >= 0.3 is 155 Å². The van der Waals surface area contributed by atoms with Crippen LogP contribution in [0.2, 0.25) is 0 Å². The van der Waals surface area contributed by atoms with E-state index in [9.17, 15) is 0 Å². The molecule has 0 fully saturated rings. The van der Waals surface area contributed by atoms with Crippen LogP contribution in [0.5, 0.6) is 0 Å². The van der Waals surface area contributed by atoms with Gasteiger partial charge in [-0.2, -0.15) is 0 Å². The van der Waals surface area contributed by atoms with E-state index in [1.54, 1.807) is 7.23 Å². The van der Waals surface area contributed by atoms with E-state index < -0.39 is 0 Å². The van der Waals surface area contributed by atoms with Crippen LogP contribution in [0.15, 0.2) is 52.2 Å². The molecule has 0 nitrogen and oxygen atoms in total. The van der Waals surface area contributed by atoms with Gasteiger partial charge in [-0.3, -0.25) is 0 Å². The third kappa shape index (κ3) is 11.6. The van der Waals surface area contributed by atoms with Gasteiger partial charge in [0, 0.05) is 0 Å². The van der Waals surface area contributed by atoms with Gasteiger partial charge in [-0.05, 0) is 0 Å². The van der Waals surface area contributed by atoms with Gasteiger partial charge in [0.2, 0.25) is 0 Å².